The molecule has 7 nitrogen and oxygen atoms in total. The Morgan fingerprint density at radius 2 is 1.17 bits per heavy atom. The molecule has 0 aromatic rings. The van der Waals surface area contributed by atoms with E-state index in [1.165, 1.54) is 12.2 Å². The van der Waals surface area contributed by atoms with E-state index < -0.39 is 23.1 Å². The quantitative estimate of drug-likeness (QED) is 0.321. The van der Waals surface area contributed by atoms with Gasteiger partial charge in [-0.1, -0.05) is 12.2 Å². The van der Waals surface area contributed by atoms with Crippen LogP contribution in [-0.2, 0) is 14.3 Å². The van der Waals surface area contributed by atoms with Gasteiger partial charge in [-0.2, -0.15) is 0 Å². The molecule has 0 aliphatic heterocycles. The van der Waals surface area contributed by atoms with E-state index in [0.717, 1.165) is 12.2 Å². The van der Waals surface area contributed by atoms with Crippen LogP contribution in [0.1, 0.15) is 25.7 Å². The smallest absolute Gasteiger partial charge is 0.336 e. The fourth-order valence-corrected chi connectivity index (χ4v) is 2.10. The van der Waals surface area contributed by atoms with Crippen molar-refractivity contribution in [2.45, 2.75) is 36.9 Å². The Labute approximate surface area is 134 Å². The molecule has 0 fully saturated rings. The largest absolute Gasteiger partial charge is 0.516 e. The second-order valence-electron chi connectivity index (χ2n) is 4.86. The molecule has 0 spiro atoms. The minimum absolute atomic E-state index is 0.179. The Hall–Kier alpha value is -2.54. The summed E-state index contributed by atoms with van der Waals surface area (Å²) >= 11 is 0. The number of hydrogen-bond donors (Lipinski definition) is 4. The van der Waals surface area contributed by atoms with Crippen LogP contribution in [0.3, 0.4) is 0 Å². The summed E-state index contributed by atoms with van der Waals surface area (Å²) in [5.74, 6) is -2.78. The van der Waals surface area contributed by atoms with Crippen LogP contribution in [0, 0.1) is 0 Å². The predicted octanol–water partition coefficient (Wildman–Crippen LogP) is 2.73. The molecule has 2 atom stereocenters. The molecule has 0 aliphatic rings. The first kappa shape index (κ1) is 20.5. The van der Waals surface area contributed by atoms with Crippen LogP contribution in [0.5, 0.6) is 0 Å². The zero-order valence-corrected chi connectivity index (χ0v) is 12.7. The van der Waals surface area contributed by atoms with Gasteiger partial charge in [-0.25, -0.2) is 9.59 Å². The van der Waals surface area contributed by atoms with E-state index in [9.17, 15) is 19.8 Å². The van der Waals surface area contributed by atoms with Crippen LogP contribution < -0.4 is 0 Å². The molecular formula is C16H22O7. The maximum absolute atomic E-state index is 11.7. The lowest BCUT2D eigenvalue weighted by Gasteiger charge is -2.37. The normalized spacial score (nSPS) is 16.7. The highest BCUT2D eigenvalue weighted by atomic mass is 16.6. The topological polar surface area (TPSA) is 124 Å². The van der Waals surface area contributed by atoms with Crippen molar-refractivity contribution < 1.29 is 34.8 Å². The number of aliphatic hydroxyl groups excluding tert-OH is 2. The number of aliphatic hydroxyl groups is 2. The van der Waals surface area contributed by atoms with E-state index in [1.807, 2.05) is 0 Å². The summed E-state index contributed by atoms with van der Waals surface area (Å²) in [5.41, 5.74) is -3.85. The highest BCUT2D eigenvalue weighted by Crippen LogP contribution is 2.34. The standard InChI is InChI=1S/C16H22O7/c1-3-7-15(13(19)20,9-5-11-17)23-16(8-4-2,14(21)22)10-6-12-18/h3-6,11-12,17-18H,1-2,7-10H2,(H,19,20)(H,21,22). The predicted molar refractivity (Wildman–Crippen MR) is 84.2 cm³/mol. The Kier molecular flexibility index (Phi) is 8.43. The lowest BCUT2D eigenvalue weighted by Crippen LogP contribution is -2.53. The molecule has 0 aromatic carbocycles. The van der Waals surface area contributed by atoms with Gasteiger partial charge < -0.3 is 25.2 Å². The molecule has 2 unspecified atom stereocenters. The molecule has 0 saturated heterocycles. The Morgan fingerprint density at radius 1 is 0.826 bits per heavy atom. The van der Waals surface area contributed by atoms with Gasteiger partial charge in [-0.15, -0.1) is 13.2 Å². The van der Waals surface area contributed by atoms with Crippen molar-refractivity contribution >= 4 is 11.9 Å². The summed E-state index contributed by atoms with van der Waals surface area (Å²) < 4.78 is 5.57. The second kappa shape index (κ2) is 9.47. The van der Waals surface area contributed by atoms with Gasteiger partial charge in [0.1, 0.15) is 0 Å². The molecule has 0 aromatic heterocycles. The van der Waals surface area contributed by atoms with E-state index in [4.69, 9.17) is 14.9 Å². The van der Waals surface area contributed by atoms with Crippen LogP contribution in [-0.4, -0.2) is 43.6 Å². The second-order valence-corrected chi connectivity index (χ2v) is 4.86. The average molecular weight is 326 g/mol. The van der Waals surface area contributed by atoms with Crippen molar-refractivity contribution in [3.63, 3.8) is 0 Å². The number of ether oxygens (including phenoxy) is 1. The minimum atomic E-state index is -1.92. The number of rotatable bonds is 12. The first-order valence-corrected chi connectivity index (χ1v) is 6.81. The third-order valence-electron chi connectivity index (χ3n) is 3.22. The maximum atomic E-state index is 11.7. The van der Waals surface area contributed by atoms with Crippen molar-refractivity contribution in [2.75, 3.05) is 0 Å². The molecule has 0 amide bonds. The van der Waals surface area contributed by atoms with E-state index in [-0.39, 0.29) is 25.7 Å². The van der Waals surface area contributed by atoms with E-state index in [0.29, 0.717) is 12.5 Å². The maximum Gasteiger partial charge on any atom is 0.336 e. The number of carboxylic acid groups (broad SMARTS) is 2. The molecule has 0 radical (unpaired) electrons. The zero-order valence-electron chi connectivity index (χ0n) is 12.7. The van der Waals surface area contributed by atoms with E-state index in [2.05, 4.69) is 13.2 Å². The Morgan fingerprint density at radius 3 is 1.39 bits per heavy atom. The lowest BCUT2D eigenvalue weighted by atomic mass is 9.89. The van der Waals surface area contributed by atoms with Gasteiger partial charge in [-0.05, 0) is 12.2 Å². The SMILES string of the molecule is C=CCC(CC=CO)(OC(CC=C)(CC=CO)C(=O)O)C(=O)O. The van der Waals surface area contributed by atoms with Crippen LogP contribution in [0.15, 0.2) is 50.0 Å². The van der Waals surface area contributed by atoms with Crippen molar-refractivity contribution in [1.82, 2.24) is 0 Å². The summed E-state index contributed by atoms with van der Waals surface area (Å²) in [6.45, 7) is 6.94. The molecule has 4 N–H and O–H groups in total. The van der Waals surface area contributed by atoms with Gasteiger partial charge in [-0.3, -0.25) is 0 Å². The fraction of sp³-hybridized carbons (Fsp3) is 0.375. The van der Waals surface area contributed by atoms with Gasteiger partial charge in [0.2, 0.25) is 0 Å². The number of carboxylic acids is 2. The first-order chi connectivity index (χ1) is 10.8. The average Bonchev–Trinajstić information content (AvgIpc) is 2.50. The summed E-state index contributed by atoms with van der Waals surface area (Å²) in [5, 5.41) is 36.7. The van der Waals surface area contributed by atoms with Crippen LogP contribution in [0.4, 0.5) is 0 Å². The summed E-state index contributed by atoms with van der Waals surface area (Å²) in [6.07, 6.45) is 5.33. The fourth-order valence-electron chi connectivity index (χ4n) is 2.10. The first-order valence-electron chi connectivity index (χ1n) is 6.81. The van der Waals surface area contributed by atoms with Crippen LogP contribution >= 0.6 is 0 Å². The van der Waals surface area contributed by atoms with E-state index in [1.54, 1.807) is 0 Å². The third kappa shape index (κ3) is 5.30. The molecule has 0 rings (SSSR count). The van der Waals surface area contributed by atoms with Gasteiger partial charge in [0.15, 0.2) is 11.2 Å². The summed E-state index contributed by atoms with van der Waals surface area (Å²) in [6, 6.07) is 0. The highest BCUT2D eigenvalue weighted by molar-refractivity contribution is 5.81. The van der Waals surface area contributed by atoms with Gasteiger partial charge in [0.25, 0.3) is 0 Å². The highest BCUT2D eigenvalue weighted by Gasteiger charge is 2.49. The molecule has 0 saturated carbocycles. The van der Waals surface area contributed by atoms with Crippen molar-refractivity contribution in [2.24, 2.45) is 0 Å². The van der Waals surface area contributed by atoms with Gasteiger partial charge in [0, 0.05) is 25.7 Å². The summed E-state index contributed by atoms with van der Waals surface area (Å²) in [7, 11) is 0. The van der Waals surface area contributed by atoms with Crippen LogP contribution in [0.25, 0.3) is 0 Å². The van der Waals surface area contributed by atoms with Crippen molar-refractivity contribution in [3.05, 3.63) is 50.0 Å². The molecular weight excluding hydrogens is 304 g/mol. The van der Waals surface area contributed by atoms with Gasteiger partial charge in [0.05, 0.1) is 12.5 Å². The molecule has 0 heterocycles. The number of carbonyl (C=O) groups is 2. The van der Waals surface area contributed by atoms with Crippen molar-refractivity contribution in [3.8, 4) is 0 Å². The Bertz CT molecular complexity index is 451. The molecule has 128 valence electrons. The summed E-state index contributed by atoms with van der Waals surface area (Å²) in [4.78, 5) is 23.4. The zero-order chi connectivity index (χ0) is 17.9. The molecule has 23 heavy (non-hydrogen) atoms. The molecule has 0 bridgehead atoms. The lowest BCUT2D eigenvalue weighted by molar-refractivity contribution is -0.203. The monoisotopic (exact) mass is 326 g/mol. The van der Waals surface area contributed by atoms with E-state index >= 15 is 0 Å². The minimum Gasteiger partial charge on any atom is -0.516 e. The molecule has 7 heteroatoms. The third-order valence-corrected chi connectivity index (χ3v) is 3.22. The Balaban J connectivity index is 5.98. The van der Waals surface area contributed by atoms with Crippen LogP contribution in [0.2, 0.25) is 0 Å². The molecule has 0 aliphatic carbocycles. The van der Waals surface area contributed by atoms with Crippen molar-refractivity contribution in [1.29, 1.82) is 0 Å². The number of aliphatic carboxylic acids is 2. The van der Waals surface area contributed by atoms with Gasteiger partial charge >= 0.3 is 11.9 Å². The number of hydrogen-bond acceptors (Lipinski definition) is 5.